The van der Waals surface area contributed by atoms with E-state index >= 15 is 0 Å². The molecule has 1 spiro atoms. The average molecular weight is 356 g/mol. The van der Waals surface area contributed by atoms with Gasteiger partial charge in [0.15, 0.2) is 17.6 Å². The molecule has 4 aliphatic rings. The number of oxime groups is 1. The van der Waals surface area contributed by atoms with Crippen LogP contribution >= 0.6 is 0 Å². The van der Waals surface area contributed by atoms with Crippen molar-refractivity contribution in [3.8, 4) is 11.5 Å². The van der Waals surface area contributed by atoms with Crippen molar-refractivity contribution in [1.82, 2.24) is 4.90 Å². The van der Waals surface area contributed by atoms with Crippen molar-refractivity contribution >= 4 is 5.71 Å². The summed E-state index contributed by atoms with van der Waals surface area (Å²) in [6, 6.07) is 3.69. The van der Waals surface area contributed by atoms with Gasteiger partial charge in [0.1, 0.15) is 7.11 Å². The Morgan fingerprint density at radius 1 is 1.46 bits per heavy atom. The first-order valence-electron chi connectivity index (χ1n) is 9.26. The van der Waals surface area contributed by atoms with Gasteiger partial charge < -0.3 is 19.8 Å². The van der Waals surface area contributed by atoms with Crippen LogP contribution in [0.1, 0.15) is 30.4 Å². The van der Waals surface area contributed by atoms with E-state index in [0.717, 1.165) is 42.8 Å². The Bertz CT molecular complexity index is 822. The Kier molecular flexibility index (Phi) is 3.25. The summed E-state index contributed by atoms with van der Waals surface area (Å²) in [5.74, 6) is 0.658. The molecule has 2 N–H and O–H groups in total. The van der Waals surface area contributed by atoms with E-state index in [-0.39, 0.29) is 11.8 Å². The van der Waals surface area contributed by atoms with Crippen molar-refractivity contribution in [2.75, 3.05) is 20.2 Å². The molecule has 4 atom stereocenters. The molecule has 4 unspecified atom stereocenters. The van der Waals surface area contributed by atoms with Gasteiger partial charge in [0.05, 0.1) is 16.7 Å². The van der Waals surface area contributed by atoms with Gasteiger partial charge in [0.25, 0.3) is 0 Å². The van der Waals surface area contributed by atoms with Crippen LogP contribution in [0.5, 0.6) is 11.5 Å². The number of benzene rings is 1. The van der Waals surface area contributed by atoms with E-state index in [0.29, 0.717) is 18.6 Å². The minimum atomic E-state index is -0.919. The molecule has 5 rings (SSSR count). The third kappa shape index (κ3) is 1.67. The summed E-state index contributed by atoms with van der Waals surface area (Å²) < 4.78 is 6.28. The summed E-state index contributed by atoms with van der Waals surface area (Å²) in [4.78, 5) is 7.40. The average Bonchev–Trinajstić information content (AvgIpc) is 2.97. The van der Waals surface area contributed by atoms with E-state index in [1.807, 2.05) is 12.1 Å². The molecule has 2 aliphatic carbocycles. The second-order valence-corrected chi connectivity index (χ2v) is 7.86. The summed E-state index contributed by atoms with van der Waals surface area (Å²) in [6.45, 7) is 5.50. The molecule has 2 heterocycles. The lowest BCUT2D eigenvalue weighted by atomic mass is 9.49. The van der Waals surface area contributed by atoms with Crippen LogP contribution in [-0.4, -0.2) is 58.8 Å². The van der Waals surface area contributed by atoms with Gasteiger partial charge in [-0.2, -0.15) is 0 Å². The summed E-state index contributed by atoms with van der Waals surface area (Å²) in [6.07, 6.45) is 4.26. The minimum Gasteiger partial charge on any atom is -0.504 e. The maximum atomic E-state index is 12.1. The molecule has 2 bridgehead atoms. The summed E-state index contributed by atoms with van der Waals surface area (Å²) in [5.41, 5.74) is 1.46. The highest BCUT2D eigenvalue weighted by molar-refractivity contribution is 5.94. The number of aromatic hydroxyl groups is 1. The summed E-state index contributed by atoms with van der Waals surface area (Å²) in [5, 5.41) is 26.7. The fourth-order valence-corrected chi connectivity index (χ4v) is 6.02. The molecule has 1 saturated heterocycles. The standard InChI is InChI=1S/C20H24N2O4/c1-3-9-22-10-8-19-16-12-4-5-14(23)17(16)26-18(19)13(21-25-2)6-7-20(19,24)15(22)11-12/h3-5,15,18,23-24H,1,6-11H2,2H3/b21-13-. The number of hydrogen-bond donors (Lipinski definition) is 2. The van der Waals surface area contributed by atoms with Crippen LogP contribution in [0.2, 0.25) is 0 Å². The molecule has 138 valence electrons. The van der Waals surface area contributed by atoms with E-state index in [9.17, 15) is 10.2 Å². The van der Waals surface area contributed by atoms with E-state index in [2.05, 4.69) is 16.6 Å². The van der Waals surface area contributed by atoms with Crippen molar-refractivity contribution in [1.29, 1.82) is 0 Å². The Hall–Kier alpha value is -2.05. The van der Waals surface area contributed by atoms with Gasteiger partial charge in [-0.1, -0.05) is 17.3 Å². The molecular weight excluding hydrogens is 332 g/mol. The first-order chi connectivity index (χ1) is 12.6. The van der Waals surface area contributed by atoms with E-state index < -0.39 is 17.1 Å². The molecule has 6 nitrogen and oxygen atoms in total. The topological polar surface area (TPSA) is 74.5 Å². The Balaban J connectivity index is 1.77. The van der Waals surface area contributed by atoms with Gasteiger partial charge in [0.2, 0.25) is 0 Å². The zero-order chi connectivity index (χ0) is 18.1. The van der Waals surface area contributed by atoms with E-state index in [4.69, 9.17) is 9.57 Å². The zero-order valence-corrected chi connectivity index (χ0v) is 14.9. The zero-order valence-electron chi connectivity index (χ0n) is 14.9. The third-order valence-electron chi connectivity index (χ3n) is 6.96. The van der Waals surface area contributed by atoms with Crippen molar-refractivity contribution in [2.24, 2.45) is 5.16 Å². The van der Waals surface area contributed by atoms with Crippen LogP contribution in [0.4, 0.5) is 0 Å². The molecule has 1 aromatic rings. The predicted octanol–water partition coefficient (Wildman–Crippen LogP) is 1.73. The molecule has 0 aromatic heterocycles. The minimum absolute atomic E-state index is 0.00689. The first kappa shape index (κ1) is 16.1. The second-order valence-electron chi connectivity index (χ2n) is 7.86. The monoisotopic (exact) mass is 356 g/mol. The lowest BCUT2D eigenvalue weighted by Gasteiger charge is -2.62. The molecule has 6 heteroatoms. The van der Waals surface area contributed by atoms with Crippen LogP contribution in [0.3, 0.4) is 0 Å². The molecule has 1 aromatic carbocycles. The van der Waals surface area contributed by atoms with Crippen LogP contribution in [0.25, 0.3) is 0 Å². The van der Waals surface area contributed by atoms with Crippen LogP contribution in [0, 0.1) is 0 Å². The Morgan fingerprint density at radius 2 is 2.31 bits per heavy atom. The molecular formula is C20H24N2O4. The highest BCUT2D eigenvalue weighted by atomic mass is 16.6. The fourth-order valence-electron chi connectivity index (χ4n) is 6.02. The highest BCUT2D eigenvalue weighted by Crippen LogP contribution is 2.64. The number of ether oxygens (including phenoxy) is 1. The SMILES string of the molecule is C=CCN1CCC23c4c5ccc(O)c4OC2/C(=N\OC)CCC3(O)C1C5. The number of nitrogens with zero attached hydrogens (tertiary/aromatic N) is 2. The van der Waals surface area contributed by atoms with Crippen molar-refractivity contribution in [3.63, 3.8) is 0 Å². The molecule has 26 heavy (non-hydrogen) atoms. The van der Waals surface area contributed by atoms with Gasteiger partial charge in [-0.15, -0.1) is 6.58 Å². The smallest absolute Gasteiger partial charge is 0.166 e. The van der Waals surface area contributed by atoms with Gasteiger partial charge in [-0.25, -0.2) is 0 Å². The highest BCUT2D eigenvalue weighted by Gasteiger charge is 2.72. The van der Waals surface area contributed by atoms with Gasteiger partial charge >= 0.3 is 0 Å². The third-order valence-corrected chi connectivity index (χ3v) is 6.96. The number of likely N-dealkylation sites (tertiary alicyclic amines) is 1. The number of phenolic OH excluding ortho intramolecular Hbond substituents is 1. The first-order valence-corrected chi connectivity index (χ1v) is 9.26. The fraction of sp³-hybridized carbons (Fsp3) is 0.550. The largest absolute Gasteiger partial charge is 0.504 e. The van der Waals surface area contributed by atoms with Crippen molar-refractivity contribution in [2.45, 2.75) is 48.8 Å². The molecule has 2 fully saturated rings. The lowest BCUT2D eigenvalue weighted by Crippen LogP contribution is -2.76. The summed E-state index contributed by atoms with van der Waals surface area (Å²) in [7, 11) is 1.53. The Morgan fingerprint density at radius 3 is 3.08 bits per heavy atom. The molecule has 0 amide bonds. The Labute approximate surface area is 152 Å². The van der Waals surface area contributed by atoms with Crippen LogP contribution in [0.15, 0.2) is 29.9 Å². The number of hydrogen-bond acceptors (Lipinski definition) is 6. The maximum Gasteiger partial charge on any atom is 0.166 e. The predicted molar refractivity (Wildman–Crippen MR) is 96.7 cm³/mol. The normalized spacial score (nSPS) is 38.6. The maximum absolute atomic E-state index is 12.1. The molecule has 1 saturated carbocycles. The van der Waals surface area contributed by atoms with Crippen molar-refractivity contribution in [3.05, 3.63) is 35.9 Å². The van der Waals surface area contributed by atoms with E-state index in [1.54, 1.807) is 6.07 Å². The van der Waals surface area contributed by atoms with Crippen LogP contribution in [-0.2, 0) is 16.7 Å². The number of aliphatic hydroxyl groups is 1. The van der Waals surface area contributed by atoms with Crippen LogP contribution < -0.4 is 4.74 Å². The number of rotatable bonds is 3. The van der Waals surface area contributed by atoms with Crippen molar-refractivity contribution < 1.29 is 19.8 Å². The van der Waals surface area contributed by atoms with Gasteiger partial charge in [0, 0.05) is 24.7 Å². The summed E-state index contributed by atoms with van der Waals surface area (Å²) >= 11 is 0. The quantitative estimate of drug-likeness (QED) is 0.637. The van der Waals surface area contributed by atoms with Gasteiger partial charge in [-0.3, -0.25) is 4.90 Å². The molecule has 2 aliphatic heterocycles. The van der Waals surface area contributed by atoms with Gasteiger partial charge in [-0.05, 0) is 37.3 Å². The number of piperidine rings is 1. The molecule has 0 radical (unpaired) electrons. The lowest BCUT2D eigenvalue weighted by molar-refractivity contribution is -0.164. The second kappa shape index (κ2) is 5.24. The van der Waals surface area contributed by atoms with E-state index in [1.165, 1.54) is 7.11 Å². The number of phenols is 1.